The molecule has 5 heteroatoms. The Morgan fingerprint density at radius 1 is 0.468 bits per heavy atom. The van der Waals surface area contributed by atoms with Gasteiger partial charge in [-0.05, 0) is 66.2 Å². The average molecular weight is 605 g/mol. The van der Waals surface area contributed by atoms with E-state index in [1.165, 1.54) is 11.1 Å². The number of anilines is 4. The van der Waals surface area contributed by atoms with Crippen LogP contribution in [0.1, 0.15) is 0 Å². The molecule has 0 radical (unpaired) electrons. The second-order valence-corrected chi connectivity index (χ2v) is 12.1. The van der Waals surface area contributed by atoms with Gasteiger partial charge in [-0.3, -0.25) is 4.57 Å². The molecule has 2 aromatic heterocycles. The summed E-state index contributed by atoms with van der Waals surface area (Å²) in [5.41, 5.74) is 11.0. The van der Waals surface area contributed by atoms with Crippen molar-refractivity contribution in [2.45, 2.75) is 0 Å². The van der Waals surface area contributed by atoms with Gasteiger partial charge in [-0.2, -0.15) is 0 Å². The first-order valence-corrected chi connectivity index (χ1v) is 15.9. The Hall–Kier alpha value is -6.33. The topological polar surface area (TPSA) is 33.5 Å². The number of aromatic nitrogens is 2. The van der Waals surface area contributed by atoms with Crippen LogP contribution in [0.25, 0.3) is 50.0 Å². The first-order chi connectivity index (χ1) is 23.3. The molecule has 47 heavy (non-hydrogen) atoms. The summed E-state index contributed by atoms with van der Waals surface area (Å²) in [6.45, 7) is 0.668. The molecule has 222 valence electrons. The quantitative estimate of drug-likeness (QED) is 0.172. The van der Waals surface area contributed by atoms with Crippen LogP contribution in [-0.2, 0) is 0 Å². The van der Waals surface area contributed by atoms with E-state index in [1.54, 1.807) is 0 Å². The summed E-state index contributed by atoms with van der Waals surface area (Å²) in [4.78, 5) is 10.1. The Labute approximate surface area is 272 Å². The van der Waals surface area contributed by atoms with Gasteiger partial charge in [0, 0.05) is 39.7 Å². The minimum Gasteiger partial charge on any atom is -0.457 e. The summed E-state index contributed by atoms with van der Waals surface area (Å²) in [5.74, 6) is 2.43. The van der Waals surface area contributed by atoms with Crippen molar-refractivity contribution in [1.82, 2.24) is 9.55 Å². The number of ether oxygens (including phenoxy) is 1. The Bertz CT molecular complexity index is 2510. The number of hydrogen-bond donors (Lipinski definition) is 0. The Morgan fingerprint density at radius 3 is 2.04 bits per heavy atom. The van der Waals surface area contributed by atoms with E-state index < -0.39 is 0 Å². The van der Waals surface area contributed by atoms with E-state index in [0.29, 0.717) is 6.67 Å². The zero-order valence-electron chi connectivity index (χ0n) is 25.4. The highest BCUT2D eigenvalue weighted by atomic mass is 16.5. The molecule has 10 rings (SSSR count). The highest BCUT2D eigenvalue weighted by molar-refractivity contribution is 6.09. The zero-order valence-corrected chi connectivity index (χ0v) is 25.4. The molecule has 6 aromatic carbocycles. The molecule has 5 nitrogen and oxygen atoms in total. The minimum absolute atomic E-state index is 0.668. The van der Waals surface area contributed by atoms with Crippen LogP contribution in [-0.4, -0.2) is 16.2 Å². The van der Waals surface area contributed by atoms with Gasteiger partial charge in [-0.15, -0.1) is 0 Å². The Balaban J connectivity index is 1.28. The van der Waals surface area contributed by atoms with E-state index in [2.05, 4.69) is 166 Å². The lowest BCUT2D eigenvalue weighted by molar-refractivity contribution is 0.483. The van der Waals surface area contributed by atoms with Gasteiger partial charge in [0.05, 0.1) is 33.8 Å². The van der Waals surface area contributed by atoms with E-state index in [9.17, 15) is 0 Å². The molecule has 0 saturated carbocycles. The van der Waals surface area contributed by atoms with Gasteiger partial charge in [0.25, 0.3) is 0 Å². The average Bonchev–Trinajstić information content (AvgIpc) is 3.68. The monoisotopic (exact) mass is 604 g/mol. The fourth-order valence-corrected chi connectivity index (χ4v) is 7.33. The molecule has 0 amide bonds. The van der Waals surface area contributed by atoms with Crippen molar-refractivity contribution in [2.75, 3.05) is 16.5 Å². The molecule has 0 spiro atoms. The second kappa shape index (κ2) is 10.1. The van der Waals surface area contributed by atoms with Crippen molar-refractivity contribution in [3.63, 3.8) is 0 Å². The van der Waals surface area contributed by atoms with Crippen LogP contribution in [0.3, 0.4) is 0 Å². The Kier molecular flexibility index (Phi) is 5.57. The van der Waals surface area contributed by atoms with Gasteiger partial charge in [-0.1, -0.05) is 84.9 Å². The van der Waals surface area contributed by atoms with E-state index >= 15 is 0 Å². The molecule has 4 heterocycles. The highest BCUT2D eigenvalue weighted by Crippen LogP contribution is 2.48. The van der Waals surface area contributed by atoms with Crippen LogP contribution in [0.4, 0.5) is 22.7 Å². The Morgan fingerprint density at radius 2 is 1.15 bits per heavy atom. The fourth-order valence-electron chi connectivity index (χ4n) is 7.33. The minimum atomic E-state index is 0.668. The van der Waals surface area contributed by atoms with Crippen LogP contribution < -0.4 is 14.5 Å². The van der Waals surface area contributed by atoms with E-state index in [-0.39, 0.29) is 0 Å². The molecule has 8 aromatic rings. The lowest BCUT2D eigenvalue weighted by Crippen LogP contribution is -2.24. The molecule has 0 atom stereocenters. The van der Waals surface area contributed by atoms with Gasteiger partial charge in [0.2, 0.25) is 0 Å². The molecule has 8 bridgehead atoms. The summed E-state index contributed by atoms with van der Waals surface area (Å²) in [6.07, 6.45) is 0. The number of para-hydroxylation sites is 4. The predicted molar refractivity (Wildman–Crippen MR) is 192 cm³/mol. The third kappa shape index (κ3) is 4.00. The third-order valence-corrected chi connectivity index (χ3v) is 9.41. The molecule has 0 unspecified atom stereocenters. The molecular weight excluding hydrogens is 576 g/mol. The number of pyridine rings is 1. The van der Waals surface area contributed by atoms with Crippen molar-refractivity contribution < 1.29 is 4.74 Å². The van der Waals surface area contributed by atoms with Gasteiger partial charge in [0.1, 0.15) is 24.0 Å². The van der Waals surface area contributed by atoms with Crippen molar-refractivity contribution in [1.29, 1.82) is 0 Å². The van der Waals surface area contributed by atoms with E-state index in [1.807, 2.05) is 6.07 Å². The largest absolute Gasteiger partial charge is 0.457 e. The normalized spacial score (nSPS) is 13.1. The first kappa shape index (κ1) is 25.9. The van der Waals surface area contributed by atoms with Crippen LogP contribution >= 0.6 is 0 Å². The lowest BCUT2D eigenvalue weighted by Gasteiger charge is -2.25. The smallest absolute Gasteiger partial charge is 0.138 e. The summed E-state index contributed by atoms with van der Waals surface area (Å²) in [7, 11) is 0. The number of benzene rings is 6. The predicted octanol–water partition coefficient (Wildman–Crippen LogP) is 10.9. The standard InChI is InChI=1S/C42H28N4O/c1-2-14-32-31(13-1)33-15-3-5-18-37(33)45-27-44(39-20-7-8-21-40(39)45)28-11-9-12-29(25-28)47-30-23-24-35-34-16-4-6-19-38(34)46(41(35)26-30)42-22-10-17-36(32)43-42/h1-26H,27H2. The van der Waals surface area contributed by atoms with Gasteiger partial charge in [-0.25, -0.2) is 4.98 Å². The van der Waals surface area contributed by atoms with Crippen LogP contribution in [0, 0.1) is 0 Å². The van der Waals surface area contributed by atoms with Crippen LogP contribution in [0.2, 0.25) is 0 Å². The van der Waals surface area contributed by atoms with Gasteiger partial charge in [0.15, 0.2) is 0 Å². The second-order valence-electron chi connectivity index (χ2n) is 12.1. The van der Waals surface area contributed by atoms with Crippen molar-refractivity contribution in [3.05, 3.63) is 158 Å². The van der Waals surface area contributed by atoms with Gasteiger partial charge < -0.3 is 14.5 Å². The maximum absolute atomic E-state index is 6.60. The first-order valence-electron chi connectivity index (χ1n) is 15.9. The fraction of sp³-hybridized carbons (Fsp3) is 0.0238. The SMILES string of the molecule is c1cc2cc(c1)N1CN(c3ccccc3-c3ccccc3-c3cccc(n3)-n3c4ccccc4c4ccc(cc43)O2)c2ccccc21. The molecule has 0 fully saturated rings. The molecule has 2 aliphatic rings. The van der Waals surface area contributed by atoms with E-state index in [4.69, 9.17) is 9.72 Å². The lowest BCUT2D eigenvalue weighted by atomic mass is 9.95. The third-order valence-electron chi connectivity index (χ3n) is 9.41. The molecule has 0 N–H and O–H groups in total. The molecule has 0 saturated heterocycles. The summed E-state index contributed by atoms with van der Waals surface area (Å²) >= 11 is 0. The highest BCUT2D eigenvalue weighted by Gasteiger charge is 2.30. The number of nitrogens with zero attached hydrogens (tertiary/aromatic N) is 4. The molecular formula is C42H28N4O. The van der Waals surface area contributed by atoms with Crippen molar-refractivity contribution in [3.8, 4) is 39.7 Å². The van der Waals surface area contributed by atoms with Crippen LogP contribution in [0.5, 0.6) is 11.5 Å². The maximum Gasteiger partial charge on any atom is 0.138 e. The maximum atomic E-state index is 6.60. The molecule has 0 aliphatic carbocycles. The summed E-state index contributed by atoms with van der Waals surface area (Å²) < 4.78 is 8.85. The zero-order chi connectivity index (χ0) is 30.9. The van der Waals surface area contributed by atoms with E-state index in [0.717, 1.165) is 73.2 Å². The number of fused-ring (bicyclic) bond motifs is 20. The van der Waals surface area contributed by atoms with Crippen molar-refractivity contribution in [2.24, 2.45) is 0 Å². The number of hydrogen-bond acceptors (Lipinski definition) is 4. The number of rotatable bonds is 0. The van der Waals surface area contributed by atoms with Gasteiger partial charge >= 0.3 is 0 Å². The summed E-state index contributed by atoms with van der Waals surface area (Å²) in [6, 6.07) is 55.6. The van der Waals surface area contributed by atoms with Crippen molar-refractivity contribution >= 4 is 44.6 Å². The molecule has 2 aliphatic heterocycles. The van der Waals surface area contributed by atoms with Crippen LogP contribution in [0.15, 0.2) is 158 Å². The summed E-state index contributed by atoms with van der Waals surface area (Å²) in [5, 5.41) is 2.34.